The number of benzene rings is 1. The molecule has 6 N–H and O–H groups in total. The number of hydrogen-bond acceptors (Lipinski definition) is 8. The number of hydrazine groups is 1. The fourth-order valence-electron chi connectivity index (χ4n) is 3.75. The van der Waals surface area contributed by atoms with Crippen LogP contribution in [0.25, 0.3) is 0 Å². The van der Waals surface area contributed by atoms with Crippen LogP contribution in [-0.4, -0.2) is 44.3 Å². The molecular formula is C19H22F2N6O3. The molecule has 0 saturated heterocycles. The van der Waals surface area contributed by atoms with Gasteiger partial charge in [0.25, 0.3) is 0 Å². The molecule has 1 aliphatic heterocycles. The van der Waals surface area contributed by atoms with Gasteiger partial charge in [-0.2, -0.15) is 0 Å². The van der Waals surface area contributed by atoms with Crippen LogP contribution < -0.4 is 21.5 Å². The van der Waals surface area contributed by atoms with Gasteiger partial charge in [-0.05, 0) is 37.5 Å². The van der Waals surface area contributed by atoms with Gasteiger partial charge < -0.3 is 26.3 Å². The third-order valence-electron chi connectivity index (χ3n) is 5.37. The summed E-state index contributed by atoms with van der Waals surface area (Å²) in [7, 11) is 0. The van der Waals surface area contributed by atoms with Gasteiger partial charge in [0.2, 0.25) is 5.91 Å². The molecule has 0 spiro atoms. The zero-order valence-corrected chi connectivity index (χ0v) is 15.9. The molecule has 4 rings (SSSR count). The fraction of sp³-hybridized carbons (Fsp3) is 0.421. The Hall–Kier alpha value is -2.89. The van der Waals surface area contributed by atoms with Gasteiger partial charge in [0.1, 0.15) is 29.8 Å². The van der Waals surface area contributed by atoms with Crippen molar-refractivity contribution >= 4 is 17.5 Å². The molecule has 1 saturated carbocycles. The summed E-state index contributed by atoms with van der Waals surface area (Å²) in [4.78, 5) is 21.0. The third kappa shape index (κ3) is 4.04. The average Bonchev–Trinajstić information content (AvgIpc) is 3.17. The van der Waals surface area contributed by atoms with Crippen molar-refractivity contribution in [2.24, 2.45) is 0 Å². The number of aliphatic hydroxyl groups is 2. The Morgan fingerprint density at radius 1 is 1.23 bits per heavy atom. The number of aliphatic hydroxyl groups excluding tert-OH is 2. The van der Waals surface area contributed by atoms with Crippen LogP contribution in [-0.2, 0) is 11.3 Å². The van der Waals surface area contributed by atoms with Crippen molar-refractivity contribution < 1.29 is 23.8 Å². The number of nitrogens with zero attached hydrogens (tertiary/aromatic N) is 2. The van der Waals surface area contributed by atoms with Crippen LogP contribution in [0.4, 0.5) is 20.4 Å². The van der Waals surface area contributed by atoms with Gasteiger partial charge in [-0.1, -0.05) is 0 Å². The van der Waals surface area contributed by atoms with Crippen molar-refractivity contribution in [2.75, 3.05) is 10.7 Å². The van der Waals surface area contributed by atoms with E-state index >= 15 is 0 Å². The van der Waals surface area contributed by atoms with Gasteiger partial charge in [-0.15, -0.1) is 0 Å². The maximum Gasteiger partial charge on any atom is 0.244 e. The number of rotatable bonds is 5. The number of halogens is 2. The van der Waals surface area contributed by atoms with Gasteiger partial charge in [-0.25, -0.2) is 24.2 Å². The molecule has 1 amide bonds. The quantitative estimate of drug-likeness (QED) is 0.417. The number of nitrogens with one attached hydrogen (secondary N) is 4. The maximum atomic E-state index is 13.8. The molecular weight excluding hydrogens is 398 g/mol. The van der Waals surface area contributed by atoms with Crippen molar-refractivity contribution in [2.45, 2.75) is 50.1 Å². The molecule has 1 unspecified atom stereocenters. The van der Waals surface area contributed by atoms with Crippen LogP contribution in [0.15, 0.2) is 24.5 Å². The van der Waals surface area contributed by atoms with Crippen LogP contribution in [0.2, 0.25) is 0 Å². The van der Waals surface area contributed by atoms with Crippen LogP contribution in [0.3, 0.4) is 0 Å². The first-order valence-corrected chi connectivity index (χ1v) is 9.65. The van der Waals surface area contributed by atoms with E-state index in [1.807, 2.05) is 0 Å². The minimum absolute atomic E-state index is 0.0245. The summed E-state index contributed by atoms with van der Waals surface area (Å²) in [5.41, 5.74) is 6.05. The van der Waals surface area contributed by atoms with E-state index in [4.69, 9.17) is 0 Å². The summed E-state index contributed by atoms with van der Waals surface area (Å²) in [6, 6.07) is 1.70. The van der Waals surface area contributed by atoms with E-state index in [1.54, 1.807) is 0 Å². The minimum Gasteiger partial charge on any atom is -0.390 e. The molecule has 9 nitrogen and oxygen atoms in total. The number of hydrogen-bond donors (Lipinski definition) is 6. The summed E-state index contributed by atoms with van der Waals surface area (Å²) < 4.78 is 27.1. The molecule has 2 aromatic rings. The highest BCUT2D eigenvalue weighted by molar-refractivity contribution is 5.88. The lowest BCUT2D eigenvalue weighted by atomic mass is 9.90. The van der Waals surface area contributed by atoms with Gasteiger partial charge in [0.15, 0.2) is 5.82 Å². The Balaban J connectivity index is 1.50. The monoisotopic (exact) mass is 420 g/mol. The Morgan fingerprint density at radius 2 is 2.07 bits per heavy atom. The Labute approximate surface area is 170 Å². The molecule has 4 atom stereocenters. The second-order valence-corrected chi connectivity index (χ2v) is 7.38. The van der Waals surface area contributed by atoms with Crippen molar-refractivity contribution in [3.05, 3.63) is 47.3 Å². The van der Waals surface area contributed by atoms with Gasteiger partial charge in [0, 0.05) is 12.1 Å². The van der Waals surface area contributed by atoms with Crippen LogP contribution >= 0.6 is 0 Å². The highest BCUT2D eigenvalue weighted by atomic mass is 19.1. The van der Waals surface area contributed by atoms with E-state index in [2.05, 4.69) is 31.5 Å². The highest BCUT2D eigenvalue weighted by Crippen LogP contribution is 2.33. The van der Waals surface area contributed by atoms with Crippen LogP contribution in [0, 0.1) is 11.6 Å². The highest BCUT2D eigenvalue weighted by Gasteiger charge is 2.36. The van der Waals surface area contributed by atoms with Crippen LogP contribution in [0.1, 0.15) is 36.4 Å². The number of anilines is 2. The Bertz CT molecular complexity index is 946. The number of fused-ring (bicyclic) bond motifs is 1. The summed E-state index contributed by atoms with van der Waals surface area (Å²) >= 11 is 0. The first-order valence-electron chi connectivity index (χ1n) is 9.65. The largest absolute Gasteiger partial charge is 0.390 e. The average molecular weight is 420 g/mol. The van der Waals surface area contributed by atoms with Crippen molar-refractivity contribution in [3.8, 4) is 0 Å². The molecule has 1 aromatic heterocycles. The molecule has 2 aliphatic rings. The molecule has 1 fully saturated rings. The molecule has 160 valence electrons. The number of carbonyl (C=O) groups excluding carboxylic acids is 1. The SMILES string of the molecule is O=C(NCc1cc(F)ccc1F)C1NNc2ncnc(N[C@@H]3CCC[C@@H](O)[C@H]3O)c21. The Kier molecular flexibility index (Phi) is 5.75. The maximum absolute atomic E-state index is 13.8. The van der Waals surface area contributed by atoms with E-state index in [9.17, 15) is 23.8 Å². The number of carbonyl (C=O) groups is 1. The zero-order chi connectivity index (χ0) is 21.3. The second kappa shape index (κ2) is 8.46. The third-order valence-corrected chi connectivity index (χ3v) is 5.37. The van der Waals surface area contributed by atoms with Gasteiger partial charge in [0.05, 0.1) is 23.8 Å². The normalized spacial score (nSPS) is 25.3. The van der Waals surface area contributed by atoms with E-state index in [1.165, 1.54) is 6.33 Å². The lowest BCUT2D eigenvalue weighted by Crippen LogP contribution is -2.45. The fourth-order valence-corrected chi connectivity index (χ4v) is 3.75. The molecule has 1 aromatic carbocycles. The summed E-state index contributed by atoms with van der Waals surface area (Å²) in [5, 5.41) is 25.8. The first-order chi connectivity index (χ1) is 14.4. The number of amides is 1. The van der Waals surface area contributed by atoms with E-state index in [0.29, 0.717) is 30.0 Å². The molecule has 1 aliphatic carbocycles. The van der Waals surface area contributed by atoms with E-state index in [0.717, 1.165) is 24.6 Å². The van der Waals surface area contributed by atoms with Crippen molar-refractivity contribution in [1.82, 2.24) is 20.7 Å². The van der Waals surface area contributed by atoms with Gasteiger partial charge >= 0.3 is 0 Å². The molecule has 0 bridgehead atoms. The van der Waals surface area contributed by atoms with E-state index < -0.39 is 41.8 Å². The molecule has 30 heavy (non-hydrogen) atoms. The van der Waals surface area contributed by atoms with Crippen molar-refractivity contribution in [3.63, 3.8) is 0 Å². The lowest BCUT2D eigenvalue weighted by molar-refractivity contribution is -0.123. The topological polar surface area (TPSA) is 131 Å². The molecule has 0 radical (unpaired) electrons. The summed E-state index contributed by atoms with van der Waals surface area (Å²) in [6.07, 6.45) is 1.41. The number of aromatic nitrogens is 2. The van der Waals surface area contributed by atoms with Crippen molar-refractivity contribution in [1.29, 1.82) is 0 Å². The van der Waals surface area contributed by atoms with Gasteiger partial charge in [-0.3, -0.25) is 4.79 Å². The summed E-state index contributed by atoms with van der Waals surface area (Å²) in [6.45, 7) is -0.195. The Morgan fingerprint density at radius 3 is 2.90 bits per heavy atom. The standard InChI is InChI=1S/C19H22F2N6O3/c20-10-4-5-11(21)9(6-10)7-22-19(30)15-14-17(23-8-24-18(14)27-26-15)25-12-2-1-3-13(28)16(12)29/h4-6,8,12-13,15-16,26,28-29H,1-3,7H2,(H,22,30)(H2,23,24,25,27)/t12-,13-,15?,16+/m1/s1. The minimum atomic E-state index is -0.963. The molecule has 11 heteroatoms. The first kappa shape index (κ1) is 20.4. The van der Waals surface area contributed by atoms with Crippen LogP contribution in [0.5, 0.6) is 0 Å². The molecule has 2 heterocycles. The zero-order valence-electron chi connectivity index (χ0n) is 15.9. The lowest BCUT2D eigenvalue weighted by Gasteiger charge is -2.33. The van der Waals surface area contributed by atoms with E-state index in [-0.39, 0.29) is 12.1 Å². The smallest absolute Gasteiger partial charge is 0.244 e. The second-order valence-electron chi connectivity index (χ2n) is 7.38. The predicted octanol–water partition coefficient (Wildman–Crippen LogP) is 0.729. The summed E-state index contributed by atoms with van der Waals surface area (Å²) in [5.74, 6) is -0.986. The predicted molar refractivity (Wildman–Crippen MR) is 103 cm³/mol.